The minimum Gasteiger partial charge on any atom is -0.545 e. The molecule has 0 amide bonds. The van der Waals surface area contributed by atoms with Gasteiger partial charge in [-0.2, -0.15) is 0 Å². The second-order valence-electron chi connectivity index (χ2n) is 4.27. The van der Waals surface area contributed by atoms with Crippen molar-refractivity contribution in [3.8, 4) is 0 Å². The molecule has 0 unspecified atom stereocenters. The van der Waals surface area contributed by atoms with Gasteiger partial charge in [0, 0.05) is 0 Å². The third kappa shape index (κ3) is 44.9. The van der Waals surface area contributed by atoms with Crippen molar-refractivity contribution in [3.63, 3.8) is 0 Å². The summed E-state index contributed by atoms with van der Waals surface area (Å²) < 4.78 is 0. The van der Waals surface area contributed by atoms with Crippen LogP contribution in [0, 0.1) is 7.43 Å². The summed E-state index contributed by atoms with van der Waals surface area (Å²) in [6, 6.07) is 0. The quantitative estimate of drug-likeness (QED) is 0.495. The van der Waals surface area contributed by atoms with Crippen LogP contribution in [-0.2, 0) is 19.2 Å². The topological polar surface area (TPSA) is 161 Å². The fraction of sp³-hybridized carbons (Fsp3) is 0.235. The zero-order valence-corrected chi connectivity index (χ0v) is 14.6. The van der Waals surface area contributed by atoms with Crippen LogP contribution in [0.2, 0.25) is 0 Å². The molecular formula is C17H20O8. The Morgan fingerprint density at radius 2 is 0.520 bits per heavy atom. The molecule has 8 heteroatoms. The van der Waals surface area contributed by atoms with Crippen LogP contribution in [-0.4, -0.2) is 23.9 Å². The summed E-state index contributed by atoms with van der Waals surface area (Å²) in [5, 5.41) is 38.0. The number of carbonyl (C=O) groups is 4. The average molecular weight is 352 g/mol. The van der Waals surface area contributed by atoms with Gasteiger partial charge in [-0.15, -0.1) is 0 Å². The van der Waals surface area contributed by atoms with E-state index in [1.807, 2.05) is 0 Å². The van der Waals surface area contributed by atoms with Gasteiger partial charge in [0.15, 0.2) is 0 Å². The minimum atomic E-state index is -1.19. The van der Waals surface area contributed by atoms with E-state index in [4.69, 9.17) is 0 Å². The van der Waals surface area contributed by atoms with Gasteiger partial charge in [-0.1, -0.05) is 26.3 Å². The standard InChI is InChI=1S/4C4H6O2.C/c4*1-3(2)4(5)6;/h4*1H2,2H3,(H,5,6);/q;;;;+4/p-4. The van der Waals surface area contributed by atoms with Crippen molar-refractivity contribution in [2.24, 2.45) is 0 Å². The number of hydrogen-bond donors (Lipinski definition) is 0. The summed E-state index contributed by atoms with van der Waals surface area (Å²) in [6.07, 6.45) is 0. The molecule has 0 fully saturated rings. The van der Waals surface area contributed by atoms with Gasteiger partial charge in [0.1, 0.15) is 0 Å². The molecule has 0 atom stereocenters. The van der Waals surface area contributed by atoms with Gasteiger partial charge in [0.2, 0.25) is 0 Å². The Morgan fingerprint density at radius 3 is 0.520 bits per heavy atom. The Balaban J connectivity index is -0.0000000702. The number of rotatable bonds is 4. The molecule has 0 aromatic carbocycles. The molecular weight excluding hydrogens is 332 g/mol. The molecule has 0 radical (unpaired) electrons. The van der Waals surface area contributed by atoms with Gasteiger partial charge >= 0.3 is 7.43 Å². The molecule has 136 valence electrons. The van der Waals surface area contributed by atoms with E-state index in [9.17, 15) is 39.6 Å². The van der Waals surface area contributed by atoms with Crippen molar-refractivity contribution in [2.75, 3.05) is 0 Å². The van der Waals surface area contributed by atoms with E-state index in [-0.39, 0.29) is 29.7 Å². The summed E-state index contributed by atoms with van der Waals surface area (Å²) in [4.78, 5) is 38.0. The van der Waals surface area contributed by atoms with Gasteiger partial charge < -0.3 is 39.6 Å². The van der Waals surface area contributed by atoms with Crippen molar-refractivity contribution in [1.82, 2.24) is 0 Å². The summed E-state index contributed by atoms with van der Waals surface area (Å²) in [7, 11) is 0. The van der Waals surface area contributed by atoms with Crippen LogP contribution >= 0.6 is 0 Å². The number of carboxylic acid groups (broad SMARTS) is 4. The maximum atomic E-state index is 9.49. The molecule has 0 aliphatic carbocycles. The van der Waals surface area contributed by atoms with Crippen LogP contribution in [0.3, 0.4) is 0 Å². The molecule has 0 aromatic rings. The van der Waals surface area contributed by atoms with E-state index in [0.717, 1.165) is 0 Å². The maximum absolute atomic E-state index is 9.49. The van der Waals surface area contributed by atoms with Crippen LogP contribution in [0.25, 0.3) is 0 Å². The van der Waals surface area contributed by atoms with Gasteiger partial charge in [-0.05, 0) is 50.0 Å². The van der Waals surface area contributed by atoms with Crippen molar-refractivity contribution >= 4 is 23.9 Å². The molecule has 0 spiro atoms. The first kappa shape index (κ1) is 33.4. The molecule has 0 aromatic heterocycles. The van der Waals surface area contributed by atoms with Crippen molar-refractivity contribution in [3.05, 3.63) is 56.0 Å². The first-order valence-electron chi connectivity index (χ1n) is 6.05. The molecule has 0 heterocycles. The Morgan fingerprint density at radius 1 is 0.480 bits per heavy atom. The van der Waals surface area contributed by atoms with Crippen molar-refractivity contribution < 1.29 is 39.6 Å². The molecule has 0 saturated heterocycles. The van der Waals surface area contributed by atoms with E-state index in [2.05, 4.69) is 26.3 Å². The van der Waals surface area contributed by atoms with Crippen LogP contribution in [0.15, 0.2) is 48.6 Å². The predicted octanol–water partition coefficient (Wildman–Crippen LogP) is -2.67. The van der Waals surface area contributed by atoms with E-state index in [0.29, 0.717) is 0 Å². The summed E-state index contributed by atoms with van der Waals surface area (Å²) in [6.45, 7) is 17.9. The van der Waals surface area contributed by atoms with Crippen molar-refractivity contribution in [2.45, 2.75) is 27.7 Å². The first-order chi connectivity index (χ1) is 10.6. The molecule has 0 aliphatic rings. The van der Waals surface area contributed by atoms with E-state index < -0.39 is 23.9 Å². The molecule has 0 N–H and O–H groups in total. The normalized spacial score (nSPS) is 7.20. The van der Waals surface area contributed by atoms with Crippen molar-refractivity contribution in [1.29, 1.82) is 0 Å². The number of carbonyl (C=O) groups excluding carboxylic acids is 4. The molecule has 25 heavy (non-hydrogen) atoms. The Hall–Kier alpha value is -3.16. The van der Waals surface area contributed by atoms with E-state index in [1.54, 1.807) is 0 Å². The predicted molar refractivity (Wildman–Crippen MR) is 82.5 cm³/mol. The van der Waals surface area contributed by atoms with Gasteiger partial charge in [0.25, 0.3) is 0 Å². The Kier molecular flexibility index (Phi) is 25.3. The van der Waals surface area contributed by atoms with Crippen LogP contribution < -0.4 is 20.4 Å². The molecule has 8 nitrogen and oxygen atoms in total. The maximum Gasteiger partial charge on any atom is 4.00 e. The largest absolute Gasteiger partial charge is 4.00 e. The Labute approximate surface area is 148 Å². The summed E-state index contributed by atoms with van der Waals surface area (Å²) in [5.41, 5.74) is 0.259. The number of hydrogen-bond acceptors (Lipinski definition) is 8. The number of carboxylic acids is 4. The average Bonchev–Trinajstić information content (AvgIpc) is 2.40. The number of aliphatic carboxylic acids is 4. The summed E-state index contributed by atoms with van der Waals surface area (Å²) >= 11 is 0. The van der Waals surface area contributed by atoms with Gasteiger partial charge in [-0.3, -0.25) is 0 Å². The molecule has 0 rings (SSSR count). The SMILES string of the molecule is C=C(C)C(=O)[O-].C=C(C)C(=O)[O-].C=C(C)C(=O)[O-].C=C(C)C(=O)[O-].[C+4]. The zero-order chi connectivity index (χ0) is 20.6. The molecule has 0 aliphatic heterocycles. The van der Waals surface area contributed by atoms with Gasteiger partial charge in [-0.25, -0.2) is 0 Å². The van der Waals surface area contributed by atoms with E-state index >= 15 is 0 Å². The van der Waals surface area contributed by atoms with Crippen LogP contribution in [0.1, 0.15) is 27.7 Å². The molecule has 0 saturated carbocycles. The monoisotopic (exact) mass is 352 g/mol. The summed E-state index contributed by atoms with van der Waals surface area (Å²) in [5.74, 6) is -4.74. The van der Waals surface area contributed by atoms with Gasteiger partial charge in [0.05, 0.1) is 23.9 Å². The first-order valence-corrected chi connectivity index (χ1v) is 6.05. The second-order valence-corrected chi connectivity index (χ2v) is 4.27. The third-order valence-electron chi connectivity index (χ3n) is 1.39. The third-order valence-corrected chi connectivity index (χ3v) is 1.39. The fourth-order valence-electron chi connectivity index (χ4n) is 0. The zero-order valence-electron chi connectivity index (χ0n) is 14.6. The molecule has 0 bridgehead atoms. The van der Waals surface area contributed by atoms with Crippen LogP contribution in [0.4, 0.5) is 0 Å². The second kappa shape index (κ2) is 18.9. The van der Waals surface area contributed by atoms with E-state index in [1.165, 1.54) is 27.7 Å². The minimum absolute atomic E-state index is 0. The fourth-order valence-corrected chi connectivity index (χ4v) is 0. The van der Waals surface area contributed by atoms with Crippen LogP contribution in [0.5, 0.6) is 0 Å². The Bertz CT molecular complexity index is 383. The smallest absolute Gasteiger partial charge is 0.545 e.